The van der Waals surface area contributed by atoms with Crippen molar-refractivity contribution in [3.63, 3.8) is 0 Å². The fraction of sp³-hybridized carbons (Fsp3) is 0.560. The first-order valence-corrected chi connectivity index (χ1v) is 11.1. The van der Waals surface area contributed by atoms with Gasteiger partial charge in [-0.25, -0.2) is 4.79 Å². The summed E-state index contributed by atoms with van der Waals surface area (Å²) in [6.45, 7) is 8.54. The molecule has 0 aromatic heterocycles. The third kappa shape index (κ3) is 4.39. The Bertz CT molecular complexity index is 1020. The topological polar surface area (TPSA) is 47.6 Å². The van der Waals surface area contributed by atoms with Crippen LogP contribution >= 0.6 is 0 Å². The van der Waals surface area contributed by atoms with E-state index in [0.29, 0.717) is 16.9 Å². The molecule has 1 N–H and O–H groups in total. The summed E-state index contributed by atoms with van der Waals surface area (Å²) in [6.07, 6.45) is -1.86. The Morgan fingerprint density at radius 3 is 2.31 bits per heavy atom. The maximum atomic E-state index is 14.1. The lowest BCUT2D eigenvalue weighted by atomic mass is 9.72. The normalized spacial score (nSPS) is 26.7. The predicted molar refractivity (Wildman–Crippen MR) is 117 cm³/mol. The lowest BCUT2D eigenvalue weighted by molar-refractivity contribution is -0.138. The fourth-order valence-electron chi connectivity index (χ4n) is 4.93. The zero-order valence-corrected chi connectivity index (χ0v) is 18.9. The van der Waals surface area contributed by atoms with Crippen LogP contribution in [-0.2, 0) is 16.5 Å². The van der Waals surface area contributed by atoms with Crippen LogP contribution in [0.25, 0.3) is 10.8 Å². The molecule has 0 spiro atoms. The molecule has 2 aliphatic rings. The lowest BCUT2D eigenvalue weighted by Gasteiger charge is -2.37. The van der Waals surface area contributed by atoms with Crippen molar-refractivity contribution in [1.29, 1.82) is 0 Å². The second-order valence-electron chi connectivity index (χ2n) is 10.4. The Hall–Kier alpha value is -2.44. The third-order valence-corrected chi connectivity index (χ3v) is 6.96. The van der Waals surface area contributed by atoms with E-state index in [1.165, 1.54) is 12.1 Å². The molecule has 2 fully saturated rings. The van der Waals surface area contributed by atoms with E-state index in [1.807, 2.05) is 0 Å². The molecule has 32 heavy (non-hydrogen) atoms. The minimum atomic E-state index is -4.55. The molecule has 1 atom stereocenters. The average Bonchev–Trinajstić information content (AvgIpc) is 3.06. The minimum absolute atomic E-state index is 0.0935. The Morgan fingerprint density at radius 2 is 1.75 bits per heavy atom. The van der Waals surface area contributed by atoms with Gasteiger partial charge in [0.2, 0.25) is 0 Å². The van der Waals surface area contributed by atoms with E-state index < -0.39 is 23.4 Å². The van der Waals surface area contributed by atoms with Crippen molar-refractivity contribution in [2.75, 3.05) is 6.61 Å². The van der Waals surface area contributed by atoms with E-state index in [4.69, 9.17) is 9.47 Å². The number of alkyl halides is 3. The second-order valence-corrected chi connectivity index (χ2v) is 10.4. The maximum absolute atomic E-state index is 14.1. The highest BCUT2D eigenvalue weighted by molar-refractivity contribution is 5.89. The Morgan fingerprint density at radius 1 is 1.06 bits per heavy atom. The van der Waals surface area contributed by atoms with Gasteiger partial charge in [-0.2, -0.15) is 13.2 Å². The Kier molecular flexibility index (Phi) is 5.58. The minimum Gasteiger partial charge on any atom is -0.490 e. The lowest BCUT2D eigenvalue weighted by Crippen LogP contribution is -2.37. The highest BCUT2D eigenvalue weighted by Crippen LogP contribution is 2.44. The molecule has 0 bridgehead atoms. The van der Waals surface area contributed by atoms with Gasteiger partial charge in [0.1, 0.15) is 17.9 Å². The van der Waals surface area contributed by atoms with E-state index in [9.17, 15) is 18.0 Å². The molecule has 174 valence electrons. The van der Waals surface area contributed by atoms with Gasteiger partial charge in [-0.1, -0.05) is 39.0 Å². The number of alkyl carbamates (subject to hydrolysis) is 1. The van der Waals surface area contributed by atoms with Crippen molar-refractivity contribution in [3.8, 4) is 5.75 Å². The van der Waals surface area contributed by atoms with Crippen molar-refractivity contribution in [3.05, 3.63) is 41.5 Å². The Balaban J connectivity index is 1.64. The highest BCUT2D eigenvalue weighted by Gasteiger charge is 2.40. The number of amides is 1. The van der Waals surface area contributed by atoms with Crippen LogP contribution in [0.2, 0.25) is 0 Å². The summed E-state index contributed by atoms with van der Waals surface area (Å²) >= 11 is 0. The molecule has 1 aliphatic carbocycles. The van der Waals surface area contributed by atoms with Crippen LogP contribution in [-0.4, -0.2) is 18.8 Å². The number of ether oxygens (including phenoxy) is 2. The summed E-state index contributed by atoms with van der Waals surface area (Å²) in [5.74, 6) is 0.446. The van der Waals surface area contributed by atoms with Crippen LogP contribution in [0.5, 0.6) is 5.75 Å². The highest BCUT2D eigenvalue weighted by atomic mass is 19.4. The molecule has 1 saturated carbocycles. The first-order valence-electron chi connectivity index (χ1n) is 11.1. The number of fused-ring (bicyclic) bond motifs is 1. The van der Waals surface area contributed by atoms with Crippen molar-refractivity contribution < 1.29 is 27.4 Å². The van der Waals surface area contributed by atoms with Crippen molar-refractivity contribution in [2.45, 2.75) is 71.2 Å². The molecule has 7 heteroatoms. The number of carbonyl (C=O) groups excluding carboxylic acids is 1. The van der Waals surface area contributed by atoms with E-state index in [1.54, 1.807) is 25.1 Å². The number of carbonyl (C=O) groups is 1. The largest absolute Gasteiger partial charge is 0.490 e. The van der Waals surface area contributed by atoms with Crippen LogP contribution in [0, 0.1) is 11.3 Å². The molecule has 1 heterocycles. The number of nitrogens with one attached hydrogen (secondary N) is 1. The number of cyclic esters (lactones) is 1. The molecule has 2 aromatic rings. The summed E-state index contributed by atoms with van der Waals surface area (Å²) in [4.78, 5) is 11.5. The van der Waals surface area contributed by atoms with E-state index in [0.717, 1.165) is 25.7 Å². The van der Waals surface area contributed by atoms with Gasteiger partial charge < -0.3 is 14.8 Å². The molecular formula is C25H30F3NO3. The molecule has 1 unspecified atom stereocenters. The maximum Gasteiger partial charge on any atom is 0.420 e. The Labute approximate surface area is 186 Å². The SMILES string of the molecule is CC1(c2ccc3c(C(F)(F)F)c(OC4CCC(C(C)(C)C)CC4)ccc3c2)COC(=O)N1. The number of hydrogen-bond donors (Lipinski definition) is 1. The van der Waals surface area contributed by atoms with Crippen LogP contribution < -0.4 is 10.1 Å². The third-order valence-electron chi connectivity index (χ3n) is 6.96. The predicted octanol–water partition coefficient (Wildman–Crippen LogP) is 6.80. The number of rotatable bonds is 3. The van der Waals surface area contributed by atoms with Crippen LogP contribution in [0.15, 0.2) is 30.3 Å². The summed E-state index contributed by atoms with van der Waals surface area (Å²) in [5, 5.41) is 3.27. The first kappa shape index (κ1) is 22.7. The molecule has 4 rings (SSSR count). The molecule has 1 aliphatic heterocycles. The molecule has 1 amide bonds. The smallest absolute Gasteiger partial charge is 0.420 e. The average molecular weight is 450 g/mol. The van der Waals surface area contributed by atoms with Crippen LogP contribution in [0.4, 0.5) is 18.0 Å². The fourth-order valence-corrected chi connectivity index (χ4v) is 4.93. The summed E-state index contributed by atoms with van der Waals surface area (Å²) < 4.78 is 53.3. The van der Waals surface area contributed by atoms with Crippen LogP contribution in [0.3, 0.4) is 0 Å². The van der Waals surface area contributed by atoms with Crippen LogP contribution in [0.1, 0.15) is 64.5 Å². The first-order chi connectivity index (χ1) is 14.9. The standard InChI is InChI=1S/C25H30F3NO3/c1-23(2,3)16-6-9-18(10-7-16)32-20-12-5-15-13-17(24(4)14-31-22(30)29-24)8-11-19(15)21(20)25(26,27)28/h5,8,11-13,16,18H,6-7,9-10,14H2,1-4H3,(H,29,30). The van der Waals surface area contributed by atoms with Crippen molar-refractivity contribution in [1.82, 2.24) is 5.32 Å². The molecule has 0 radical (unpaired) electrons. The van der Waals surface area contributed by atoms with Gasteiger partial charge in [-0.3, -0.25) is 0 Å². The van der Waals surface area contributed by atoms with Crippen molar-refractivity contribution in [2.24, 2.45) is 11.3 Å². The number of hydrogen-bond acceptors (Lipinski definition) is 3. The van der Waals surface area contributed by atoms with Gasteiger partial charge >= 0.3 is 12.3 Å². The second kappa shape index (κ2) is 7.85. The van der Waals surface area contributed by atoms with Gasteiger partial charge in [0.05, 0.1) is 11.6 Å². The summed E-state index contributed by atoms with van der Waals surface area (Å²) in [6, 6.07) is 7.84. The van der Waals surface area contributed by atoms with Gasteiger partial charge in [0, 0.05) is 0 Å². The van der Waals surface area contributed by atoms with E-state index >= 15 is 0 Å². The molecule has 4 nitrogen and oxygen atoms in total. The van der Waals surface area contributed by atoms with E-state index in [2.05, 4.69) is 26.1 Å². The van der Waals surface area contributed by atoms with Gasteiger partial charge in [-0.15, -0.1) is 0 Å². The zero-order valence-electron chi connectivity index (χ0n) is 18.9. The molecule has 2 aromatic carbocycles. The number of halogens is 3. The monoisotopic (exact) mass is 449 g/mol. The zero-order chi connectivity index (χ0) is 23.3. The summed E-state index contributed by atoms with van der Waals surface area (Å²) in [5.41, 5.74) is -0.622. The quantitative estimate of drug-likeness (QED) is 0.561. The van der Waals surface area contributed by atoms with Gasteiger partial charge in [0.15, 0.2) is 0 Å². The molecular weight excluding hydrogens is 419 g/mol. The summed E-state index contributed by atoms with van der Waals surface area (Å²) in [7, 11) is 0. The van der Waals surface area contributed by atoms with Gasteiger partial charge in [-0.05, 0) is 72.4 Å². The molecule has 1 saturated heterocycles. The van der Waals surface area contributed by atoms with Crippen molar-refractivity contribution >= 4 is 16.9 Å². The van der Waals surface area contributed by atoms with E-state index in [-0.39, 0.29) is 29.3 Å². The van der Waals surface area contributed by atoms with Gasteiger partial charge in [0.25, 0.3) is 0 Å². The number of benzene rings is 2.